The molecule has 4 heteroatoms. The number of hydrogen-bond acceptors (Lipinski definition) is 3. The quantitative estimate of drug-likeness (QED) is 0.596. The van der Waals surface area contributed by atoms with Crippen molar-refractivity contribution in [2.24, 2.45) is 0 Å². The van der Waals surface area contributed by atoms with E-state index in [9.17, 15) is 0 Å². The fourth-order valence-corrected chi connectivity index (χ4v) is 1.54. The van der Waals surface area contributed by atoms with Crippen LogP contribution in [-0.4, -0.2) is 19.6 Å². The zero-order valence-electron chi connectivity index (χ0n) is 7.91. The molecular weight excluding hydrogens is 188 g/mol. The van der Waals surface area contributed by atoms with Gasteiger partial charge in [0.2, 0.25) is 0 Å². The minimum Gasteiger partial charge on any atom is -0.240 e. The van der Waals surface area contributed by atoms with Crippen LogP contribution in [0.15, 0.2) is 49.1 Å². The molecule has 15 heavy (non-hydrogen) atoms. The van der Waals surface area contributed by atoms with E-state index in [1.807, 2.05) is 28.9 Å². The maximum Gasteiger partial charge on any atom is 0.162 e. The van der Waals surface area contributed by atoms with Crippen LogP contribution in [0.2, 0.25) is 0 Å². The average Bonchev–Trinajstić information content (AvgIpc) is 2.74. The molecule has 3 heterocycles. The van der Waals surface area contributed by atoms with Gasteiger partial charge in [-0.05, 0) is 18.2 Å². The first-order valence-corrected chi connectivity index (χ1v) is 4.65. The predicted molar refractivity (Wildman–Crippen MR) is 56.2 cm³/mol. The zero-order valence-corrected chi connectivity index (χ0v) is 7.91. The number of rotatable bonds is 1. The second-order valence-electron chi connectivity index (χ2n) is 3.16. The molecule has 3 aromatic rings. The Kier molecular flexibility index (Phi) is 1.71. The molecule has 0 aromatic carbocycles. The van der Waals surface area contributed by atoms with Crippen molar-refractivity contribution >= 4 is 5.52 Å². The third-order valence-corrected chi connectivity index (χ3v) is 2.23. The second-order valence-corrected chi connectivity index (χ2v) is 3.16. The number of fused-ring (bicyclic) bond motifs is 1. The maximum atomic E-state index is 4.23. The SMILES string of the molecule is c1cnc(-c2cnn3ccccc23)nc1. The number of pyridine rings is 1. The first-order chi connectivity index (χ1) is 7.45. The molecule has 0 aliphatic heterocycles. The van der Waals surface area contributed by atoms with E-state index < -0.39 is 0 Å². The van der Waals surface area contributed by atoms with Crippen molar-refractivity contribution < 1.29 is 0 Å². The molecule has 72 valence electrons. The molecule has 0 amide bonds. The van der Waals surface area contributed by atoms with Crippen LogP contribution in [0, 0.1) is 0 Å². The van der Waals surface area contributed by atoms with Crippen molar-refractivity contribution in [3.05, 3.63) is 49.1 Å². The maximum absolute atomic E-state index is 4.23. The molecule has 0 radical (unpaired) electrons. The molecule has 0 aliphatic rings. The van der Waals surface area contributed by atoms with Crippen molar-refractivity contribution in [2.45, 2.75) is 0 Å². The summed E-state index contributed by atoms with van der Waals surface area (Å²) >= 11 is 0. The Morgan fingerprint density at radius 2 is 1.87 bits per heavy atom. The van der Waals surface area contributed by atoms with E-state index >= 15 is 0 Å². The Hall–Kier alpha value is -2.23. The number of hydrogen-bond donors (Lipinski definition) is 0. The predicted octanol–water partition coefficient (Wildman–Crippen LogP) is 1.79. The van der Waals surface area contributed by atoms with E-state index in [1.165, 1.54) is 0 Å². The van der Waals surface area contributed by atoms with Gasteiger partial charge in [-0.3, -0.25) is 0 Å². The third kappa shape index (κ3) is 1.27. The number of nitrogens with zero attached hydrogens (tertiary/aromatic N) is 4. The zero-order chi connectivity index (χ0) is 10.1. The first kappa shape index (κ1) is 8.11. The second kappa shape index (κ2) is 3.16. The fraction of sp³-hybridized carbons (Fsp3) is 0. The van der Waals surface area contributed by atoms with Crippen molar-refractivity contribution in [2.75, 3.05) is 0 Å². The van der Waals surface area contributed by atoms with Crippen LogP contribution in [0.3, 0.4) is 0 Å². The first-order valence-electron chi connectivity index (χ1n) is 4.65. The number of aromatic nitrogens is 4. The van der Waals surface area contributed by atoms with Crippen LogP contribution in [0.5, 0.6) is 0 Å². The Labute approximate surface area is 86.2 Å². The van der Waals surface area contributed by atoms with Crippen LogP contribution in [0.4, 0.5) is 0 Å². The van der Waals surface area contributed by atoms with E-state index in [0.29, 0.717) is 5.82 Å². The van der Waals surface area contributed by atoms with Gasteiger partial charge in [0, 0.05) is 18.6 Å². The van der Waals surface area contributed by atoms with Gasteiger partial charge in [0.1, 0.15) is 0 Å². The Morgan fingerprint density at radius 3 is 2.73 bits per heavy atom. The van der Waals surface area contributed by atoms with E-state index in [2.05, 4.69) is 15.1 Å². The van der Waals surface area contributed by atoms with Crippen LogP contribution >= 0.6 is 0 Å². The molecule has 0 aliphatic carbocycles. The summed E-state index contributed by atoms with van der Waals surface area (Å²) in [5.41, 5.74) is 1.97. The van der Waals surface area contributed by atoms with Gasteiger partial charge in [-0.1, -0.05) is 6.07 Å². The van der Waals surface area contributed by atoms with E-state index in [1.54, 1.807) is 24.7 Å². The third-order valence-electron chi connectivity index (χ3n) is 2.23. The van der Waals surface area contributed by atoms with Crippen molar-refractivity contribution in [1.29, 1.82) is 0 Å². The molecule has 3 rings (SSSR count). The van der Waals surface area contributed by atoms with Crippen LogP contribution in [0.1, 0.15) is 0 Å². The highest BCUT2D eigenvalue weighted by atomic mass is 15.2. The summed E-state index contributed by atoms with van der Waals surface area (Å²) in [6, 6.07) is 7.72. The lowest BCUT2D eigenvalue weighted by molar-refractivity contribution is 0.961. The highest BCUT2D eigenvalue weighted by Gasteiger charge is 2.06. The molecule has 0 saturated carbocycles. The van der Waals surface area contributed by atoms with Gasteiger partial charge in [-0.2, -0.15) is 5.10 Å². The van der Waals surface area contributed by atoms with Crippen LogP contribution in [0.25, 0.3) is 16.9 Å². The molecule has 0 fully saturated rings. The van der Waals surface area contributed by atoms with Gasteiger partial charge >= 0.3 is 0 Å². The summed E-state index contributed by atoms with van der Waals surface area (Å²) in [6.45, 7) is 0. The highest BCUT2D eigenvalue weighted by molar-refractivity contribution is 5.75. The van der Waals surface area contributed by atoms with Gasteiger partial charge < -0.3 is 0 Å². The lowest BCUT2D eigenvalue weighted by atomic mass is 10.2. The van der Waals surface area contributed by atoms with Crippen molar-refractivity contribution in [1.82, 2.24) is 19.6 Å². The van der Waals surface area contributed by atoms with Gasteiger partial charge in [0.25, 0.3) is 0 Å². The Morgan fingerprint density at radius 1 is 1.00 bits per heavy atom. The monoisotopic (exact) mass is 196 g/mol. The smallest absolute Gasteiger partial charge is 0.162 e. The molecule has 0 saturated heterocycles. The van der Waals surface area contributed by atoms with Gasteiger partial charge in [-0.25, -0.2) is 14.5 Å². The summed E-state index contributed by atoms with van der Waals surface area (Å²) in [7, 11) is 0. The topological polar surface area (TPSA) is 43.1 Å². The molecule has 0 N–H and O–H groups in total. The van der Waals surface area contributed by atoms with Crippen LogP contribution < -0.4 is 0 Å². The lowest BCUT2D eigenvalue weighted by Gasteiger charge is -1.95. The largest absolute Gasteiger partial charge is 0.240 e. The van der Waals surface area contributed by atoms with Crippen molar-refractivity contribution in [3.63, 3.8) is 0 Å². The molecule has 4 nitrogen and oxygen atoms in total. The minimum atomic E-state index is 0.707. The summed E-state index contributed by atoms with van der Waals surface area (Å²) in [4.78, 5) is 8.41. The molecular formula is C11H8N4. The molecule has 0 unspecified atom stereocenters. The van der Waals surface area contributed by atoms with Gasteiger partial charge in [0.15, 0.2) is 5.82 Å². The van der Waals surface area contributed by atoms with E-state index in [0.717, 1.165) is 11.1 Å². The molecule has 0 bridgehead atoms. The minimum absolute atomic E-state index is 0.707. The highest BCUT2D eigenvalue weighted by Crippen LogP contribution is 2.19. The van der Waals surface area contributed by atoms with Crippen LogP contribution in [-0.2, 0) is 0 Å². The lowest BCUT2D eigenvalue weighted by Crippen LogP contribution is -1.87. The summed E-state index contributed by atoms with van der Waals surface area (Å²) in [5.74, 6) is 0.707. The normalized spacial score (nSPS) is 10.7. The summed E-state index contributed by atoms with van der Waals surface area (Å²) in [5, 5.41) is 4.23. The van der Waals surface area contributed by atoms with Gasteiger partial charge in [-0.15, -0.1) is 0 Å². The van der Waals surface area contributed by atoms with E-state index in [4.69, 9.17) is 0 Å². The fourth-order valence-electron chi connectivity index (χ4n) is 1.54. The van der Waals surface area contributed by atoms with E-state index in [-0.39, 0.29) is 0 Å². The summed E-state index contributed by atoms with van der Waals surface area (Å²) < 4.78 is 1.81. The molecule has 3 aromatic heterocycles. The molecule has 0 atom stereocenters. The molecule has 0 spiro atoms. The summed E-state index contributed by atoms with van der Waals surface area (Å²) in [6.07, 6.45) is 7.15. The van der Waals surface area contributed by atoms with Crippen molar-refractivity contribution in [3.8, 4) is 11.4 Å². The standard InChI is InChI=1S/C11H8N4/c1-2-7-15-10(4-1)9(8-14-15)11-12-5-3-6-13-11/h1-8H. The Bertz CT molecular complexity index is 586. The van der Waals surface area contributed by atoms with Gasteiger partial charge in [0.05, 0.1) is 17.3 Å². The Balaban J connectivity index is 2.28. The average molecular weight is 196 g/mol.